The SMILES string of the molecule is CC1CCCCCC1Nc1nnc(CCCl)o1. The van der Waals surface area contributed by atoms with E-state index in [9.17, 15) is 0 Å². The van der Waals surface area contributed by atoms with Gasteiger partial charge in [0.05, 0.1) is 0 Å². The van der Waals surface area contributed by atoms with Crippen LogP contribution in [0.4, 0.5) is 6.01 Å². The molecule has 0 saturated heterocycles. The number of anilines is 1. The Hall–Kier alpha value is -0.770. The van der Waals surface area contributed by atoms with Gasteiger partial charge in [-0.25, -0.2) is 0 Å². The molecule has 0 aliphatic heterocycles. The second-order valence-electron chi connectivity index (χ2n) is 4.81. The van der Waals surface area contributed by atoms with Gasteiger partial charge in [0.25, 0.3) is 0 Å². The van der Waals surface area contributed by atoms with Crippen LogP contribution in [0.3, 0.4) is 0 Å². The van der Waals surface area contributed by atoms with E-state index in [1.807, 2.05) is 0 Å². The van der Waals surface area contributed by atoms with Crippen LogP contribution in [0.5, 0.6) is 0 Å². The lowest BCUT2D eigenvalue weighted by Gasteiger charge is -2.21. The molecule has 1 N–H and O–H groups in total. The quantitative estimate of drug-likeness (QED) is 0.665. The number of alkyl halides is 1. The minimum atomic E-state index is 0.460. The summed E-state index contributed by atoms with van der Waals surface area (Å²) in [5.74, 6) is 1.80. The second kappa shape index (κ2) is 6.24. The van der Waals surface area contributed by atoms with Crippen molar-refractivity contribution in [1.82, 2.24) is 10.2 Å². The summed E-state index contributed by atoms with van der Waals surface area (Å²) in [5, 5.41) is 11.3. The Kier molecular flexibility index (Phi) is 4.66. The highest BCUT2D eigenvalue weighted by Crippen LogP contribution is 2.25. The maximum absolute atomic E-state index is 5.63. The average Bonchev–Trinajstić information content (AvgIpc) is 2.65. The summed E-state index contributed by atoms with van der Waals surface area (Å²) in [4.78, 5) is 0. The van der Waals surface area contributed by atoms with E-state index in [-0.39, 0.29) is 0 Å². The Labute approximate surface area is 107 Å². The molecule has 17 heavy (non-hydrogen) atoms. The van der Waals surface area contributed by atoms with Crippen LogP contribution in [0.15, 0.2) is 4.42 Å². The normalized spacial score (nSPS) is 25.5. The van der Waals surface area contributed by atoms with E-state index in [1.165, 1.54) is 32.1 Å². The molecule has 1 saturated carbocycles. The third kappa shape index (κ3) is 3.60. The number of halogens is 1. The van der Waals surface area contributed by atoms with Crippen molar-refractivity contribution in [3.63, 3.8) is 0 Å². The third-order valence-corrected chi connectivity index (χ3v) is 3.63. The van der Waals surface area contributed by atoms with Crippen LogP contribution in [0.25, 0.3) is 0 Å². The van der Waals surface area contributed by atoms with Crippen molar-refractivity contribution >= 4 is 17.6 Å². The zero-order valence-corrected chi connectivity index (χ0v) is 11.0. The first-order valence-electron chi connectivity index (χ1n) is 6.44. The molecular weight excluding hydrogens is 238 g/mol. The van der Waals surface area contributed by atoms with Gasteiger partial charge >= 0.3 is 6.01 Å². The fourth-order valence-electron chi connectivity index (χ4n) is 2.36. The molecule has 0 radical (unpaired) electrons. The molecule has 0 amide bonds. The summed E-state index contributed by atoms with van der Waals surface area (Å²) in [6.07, 6.45) is 7.06. The van der Waals surface area contributed by atoms with Crippen molar-refractivity contribution in [2.75, 3.05) is 11.2 Å². The van der Waals surface area contributed by atoms with Gasteiger partial charge in [0.15, 0.2) is 0 Å². The number of hydrogen-bond donors (Lipinski definition) is 1. The summed E-state index contributed by atoms with van der Waals surface area (Å²) in [7, 11) is 0. The average molecular weight is 258 g/mol. The summed E-state index contributed by atoms with van der Waals surface area (Å²) in [6, 6.07) is 1.01. The molecule has 96 valence electrons. The molecule has 5 heteroatoms. The summed E-state index contributed by atoms with van der Waals surface area (Å²) in [5.41, 5.74) is 0. The van der Waals surface area contributed by atoms with E-state index in [0.717, 1.165) is 0 Å². The second-order valence-corrected chi connectivity index (χ2v) is 5.18. The number of rotatable bonds is 4. The minimum absolute atomic E-state index is 0.460. The maximum atomic E-state index is 5.63. The topological polar surface area (TPSA) is 51.0 Å². The molecular formula is C12H20ClN3O. The summed E-state index contributed by atoms with van der Waals surface area (Å²) < 4.78 is 5.50. The van der Waals surface area contributed by atoms with Crippen molar-refractivity contribution in [3.8, 4) is 0 Å². The molecule has 1 aromatic rings. The summed E-state index contributed by atoms with van der Waals surface area (Å²) in [6.45, 7) is 2.29. The highest BCUT2D eigenvalue weighted by atomic mass is 35.5. The molecule has 2 atom stereocenters. The van der Waals surface area contributed by atoms with Gasteiger partial charge in [-0.2, -0.15) is 0 Å². The molecule has 2 rings (SSSR count). The van der Waals surface area contributed by atoms with E-state index >= 15 is 0 Å². The standard InChI is InChI=1S/C12H20ClN3O/c1-9-5-3-2-4-6-10(9)14-12-16-15-11(17-12)7-8-13/h9-10H,2-8H2,1H3,(H,14,16). The van der Waals surface area contributed by atoms with Gasteiger partial charge in [0, 0.05) is 18.3 Å². The van der Waals surface area contributed by atoms with Gasteiger partial charge in [-0.15, -0.1) is 16.7 Å². The van der Waals surface area contributed by atoms with Crippen LogP contribution < -0.4 is 5.32 Å². The predicted octanol–water partition coefficient (Wildman–Crippen LogP) is 3.23. The van der Waals surface area contributed by atoms with Crippen LogP contribution in [-0.4, -0.2) is 22.1 Å². The lowest BCUT2D eigenvalue weighted by atomic mass is 9.97. The Morgan fingerprint density at radius 3 is 2.94 bits per heavy atom. The van der Waals surface area contributed by atoms with Gasteiger partial charge < -0.3 is 9.73 Å². The van der Waals surface area contributed by atoms with Crippen LogP contribution in [0.2, 0.25) is 0 Å². The zero-order valence-electron chi connectivity index (χ0n) is 10.3. The Morgan fingerprint density at radius 1 is 1.29 bits per heavy atom. The van der Waals surface area contributed by atoms with E-state index in [4.69, 9.17) is 16.0 Å². The number of nitrogens with zero attached hydrogens (tertiary/aromatic N) is 2. The molecule has 0 aromatic carbocycles. The molecule has 1 aromatic heterocycles. The largest absolute Gasteiger partial charge is 0.408 e. The van der Waals surface area contributed by atoms with Crippen LogP contribution in [-0.2, 0) is 6.42 Å². The first-order chi connectivity index (χ1) is 8.29. The van der Waals surface area contributed by atoms with Crippen LogP contribution in [0.1, 0.15) is 44.9 Å². The number of aryl methyl sites for hydroxylation is 1. The van der Waals surface area contributed by atoms with Crippen molar-refractivity contribution < 1.29 is 4.42 Å². The molecule has 1 aliphatic rings. The smallest absolute Gasteiger partial charge is 0.315 e. The van der Waals surface area contributed by atoms with Crippen molar-refractivity contribution in [1.29, 1.82) is 0 Å². The van der Waals surface area contributed by atoms with E-state index in [0.29, 0.717) is 36.2 Å². The maximum Gasteiger partial charge on any atom is 0.315 e. The lowest BCUT2D eigenvalue weighted by Crippen LogP contribution is -2.26. The zero-order chi connectivity index (χ0) is 12.1. The molecule has 1 aliphatic carbocycles. The first kappa shape index (κ1) is 12.7. The van der Waals surface area contributed by atoms with Crippen molar-refractivity contribution in [2.45, 2.75) is 51.5 Å². The number of nitrogens with one attached hydrogen (secondary N) is 1. The Morgan fingerprint density at radius 2 is 2.12 bits per heavy atom. The van der Waals surface area contributed by atoms with Crippen LogP contribution in [0, 0.1) is 5.92 Å². The first-order valence-corrected chi connectivity index (χ1v) is 6.98. The van der Waals surface area contributed by atoms with Crippen molar-refractivity contribution in [3.05, 3.63) is 5.89 Å². The van der Waals surface area contributed by atoms with Crippen molar-refractivity contribution in [2.24, 2.45) is 5.92 Å². The predicted molar refractivity (Wildman–Crippen MR) is 68.4 cm³/mol. The highest BCUT2D eigenvalue weighted by molar-refractivity contribution is 6.17. The number of aromatic nitrogens is 2. The molecule has 4 nitrogen and oxygen atoms in total. The van der Waals surface area contributed by atoms with E-state index in [1.54, 1.807) is 0 Å². The monoisotopic (exact) mass is 257 g/mol. The van der Waals surface area contributed by atoms with Gasteiger partial charge in [0.1, 0.15) is 0 Å². The lowest BCUT2D eigenvalue weighted by molar-refractivity contribution is 0.434. The molecule has 1 heterocycles. The van der Waals surface area contributed by atoms with Gasteiger partial charge in [-0.05, 0) is 18.8 Å². The van der Waals surface area contributed by atoms with Crippen LogP contribution >= 0.6 is 11.6 Å². The molecule has 0 bridgehead atoms. The minimum Gasteiger partial charge on any atom is -0.408 e. The number of hydrogen-bond acceptors (Lipinski definition) is 4. The Balaban J connectivity index is 1.93. The highest BCUT2D eigenvalue weighted by Gasteiger charge is 2.21. The molecule has 2 unspecified atom stereocenters. The van der Waals surface area contributed by atoms with E-state index < -0.39 is 0 Å². The molecule has 1 fully saturated rings. The van der Waals surface area contributed by atoms with Gasteiger partial charge in [-0.1, -0.05) is 31.3 Å². The van der Waals surface area contributed by atoms with E-state index in [2.05, 4.69) is 22.4 Å². The fourth-order valence-corrected chi connectivity index (χ4v) is 2.52. The fraction of sp³-hybridized carbons (Fsp3) is 0.833. The Bertz CT molecular complexity index is 342. The molecule has 0 spiro atoms. The van der Waals surface area contributed by atoms with Gasteiger partial charge in [0.2, 0.25) is 5.89 Å². The third-order valence-electron chi connectivity index (χ3n) is 3.45. The summed E-state index contributed by atoms with van der Waals surface area (Å²) >= 11 is 5.63. The van der Waals surface area contributed by atoms with Gasteiger partial charge in [-0.3, -0.25) is 0 Å².